The monoisotopic (exact) mass is 266 g/mol. The number of aliphatic hydroxyl groups is 1. The molecule has 1 atom stereocenters. The standard InChI is InChI=1S/C9H14N2O2.C4H4O2/c1-13-8-4-2-3-7(5-8)9(12)6-11-10;5-3-1-2-4-6/h2-5,9,11-12H,6,10H2,1H3;1-4H/b;2-1-. The first kappa shape index (κ1) is 17.0. The Kier molecular flexibility index (Phi) is 9.91. The van der Waals surface area contributed by atoms with Crippen molar-refractivity contribution in [2.45, 2.75) is 6.10 Å². The van der Waals surface area contributed by atoms with Crippen LogP contribution in [0.5, 0.6) is 5.75 Å². The zero-order chi connectivity index (χ0) is 14.5. The minimum atomic E-state index is -0.597. The van der Waals surface area contributed by atoms with Crippen LogP contribution in [0.4, 0.5) is 0 Å². The Morgan fingerprint density at radius 3 is 2.47 bits per heavy atom. The second kappa shape index (κ2) is 11.1. The largest absolute Gasteiger partial charge is 0.497 e. The molecule has 1 unspecified atom stereocenters. The molecule has 0 heterocycles. The first-order valence-corrected chi connectivity index (χ1v) is 5.50. The van der Waals surface area contributed by atoms with Gasteiger partial charge in [0.05, 0.1) is 13.2 Å². The van der Waals surface area contributed by atoms with Gasteiger partial charge in [-0.05, 0) is 29.8 Å². The molecular formula is C13H18N2O4. The lowest BCUT2D eigenvalue weighted by Gasteiger charge is -2.10. The number of methoxy groups -OCH3 is 1. The number of allylic oxidation sites excluding steroid dienone is 2. The van der Waals surface area contributed by atoms with Gasteiger partial charge in [-0.25, -0.2) is 0 Å². The molecule has 0 radical (unpaired) electrons. The summed E-state index contributed by atoms with van der Waals surface area (Å²) >= 11 is 0. The van der Waals surface area contributed by atoms with Crippen molar-refractivity contribution in [2.75, 3.05) is 13.7 Å². The van der Waals surface area contributed by atoms with Crippen molar-refractivity contribution < 1.29 is 19.4 Å². The third kappa shape index (κ3) is 7.82. The van der Waals surface area contributed by atoms with Gasteiger partial charge in [0.25, 0.3) is 0 Å². The second-order valence-electron chi connectivity index (χ2n) is 3.36. The Morgan fingerprint density at radius 1 is 1.37 bits per heavy atom. The van der Waals surface area contributed by atoms with Gasteiger partial charge in [-0.3, -0.25) is 20.9 Å². The van der Waals surface area contributed by atoms with E-state index in [0.717, 1.165) is 23.5 Å². The summed E-state index contributed by atoms with van der Waals surface area (Å²) < 4.78 is 5.02. The van der Waals surface area contributed by atoms with Gasteiger partial charge in [-0.1, -0.05) is 12.1 Å². The molecule has 4 N–H and O–H groups in total. The fourth-order valence-electron chi connectivity index (χ4n) is 1.17. The zero-order valence-corrected chi connectivity index (χ0v) is 10.7. The summed E-state index contributed by atoms with van der Waals surface area (Å²) in [6, 6.07) is 7.26. The first-order chi connectivity index (χ1) is 9.19. The van der Waals surface area contributed by atoms with Crippen LogP contribution < -0.4 is 16.0 Å². The van der Waals surface area contributed by atoms with Crippen LogP contribution in [-0.2, 0) is 9.59 Å². The van der Waals surface area contributed by atoms with E-state index in [2.05, 4.69) is 5.43 Å². The number of nitrogens with one attached hydrogen (secondary N) is 1. The molecule has 0 aliphatic carbocycles. The van der Waals surface area contributed by atoms with Crippen LogP contribution in [0.3, 0.4) is 0 Å². The first-order valence-electron chi connectivity index (χ1n) is 5.50. The van der Waals surface area contributed by atoms with Gasteiger partial charge >= 0.3 is 0 Å². The van der Waals surface area contributed by atoms with Crippen molar-refractivity contribution in [2.24, 2.45) is 5.84 Å². The van der Waals surface area contributed by atoms with Crippen LogP contribution in [0.15, 0.2) is 36.4 Å². The molecule has 0 saturated heterocycles. The van der Waals surface area contributed by atoms with Crippen LogP contribution in [0.2, 0.25) is 0 Å². The van der Waals surface area contributed by atoms with Crippen LogP contribution in [0.1, 0.15) is 11.7 Å². The molecule has 19 heavy (non-hydrogen) atoms. The Morgan fingerprint density at radius 2 is 2.00 bits per heavy atom. The molecule has 0 spiro atoms. The third-order valence-corrected chi connectivity index (χ3v) is 2.06. The summed E-state index contributed by atoms with van der Waals surface area (Å²) in [6.45, 7) is 0.327. The molecule has 104 valence electrons. The average molecular weight is 266 g/mol. The van der Waals surface area contributed by atoms with Crippen molar-refractivity contribution in [3.05, 3.63) is 42.0 Å². The van der Waals surface area contributed by atoms with E-state index in [4.69, 9.17) is 10.6 Å². The number of hydrazine groups is 1. The molecule has 0 aliphatic heterocycles. The molecule has 0 fully saturated rings. The number of carbonyl (C=O) groups excluding carboxylic acids is 2. The highest BCUT2D eigenvalue weighted by Gasteiger charge is 2.06. The van der Waals surface area contributed by atoms with E-state index in [9.17, 15) is 14.7 Å². The SMILES string of the molecule is COc1cccc(C(O)CNN)c1.O=C/C=C\C=O. The van der Waals surface area contributed by atoms with E-state index in [1.807, 2.05) is 18.2 Å². The summed E-state index contributed by atoms with van der Waals surface area (Å²) in [5.74, 6) is 5.83. The lowest BCUT2D eigenvalue weighted by atomic mass is 10.1. The van der Waals surface area contributed by atoms with Gasteiger partial charge < -0.3 is 9.84 Å². The van der Waals surface area contributed by atoms with Gasteiger partial charge in [0.2, 0.25) is 0 Å². The maximum Gasteiger partial charge on any atom is 0.142 e. The topological polar surface area (TPSA) is 102 Å². The number of ether oxygens (including phenoxy) is 1. The van der Waals surface area contributed by atoms with Gasteiger partial charge in [0.1, 0.15) is 18.3 Å². The van der Waals surface area contributed by atoms with E-state index >= 15 is 0 Å². The Balaban J connectivity index is 0.000000459. The smallest absolute Gasteiger partial charge is 0.142 e. The molecule has 1 aromatic rings. The van der Waals surface area contributed by atoms with E-state index in [0.29, 0.717) is 19.1 Å². The predicted molar refractivity (Wildman–Crippen MR) is 71.4 cm³/mol. The minimum Gasteiger partial charge on any atom is -0.497 e. The highest BCUT2D eigenvalue weighted by atomic mass is 16.5. The summed E-state index contributed by atoms with van der Waals surface area (Å²) in [5, 5.41) is 9.54. The Labute approximate surface area is 111 Å². The summed E-state index contributed by atoms with van der Waals surface area (Å²) in [7, 11) is 1.59. The molecule has 1 rings (SSSR count). The van der Waals surface area contributed by atoms with E-state index < -0.39 is 6.10 Å². The third-order valence-electron chi connectivity index (χ3n) is 2.06. The van der Waals surface area contributed by atoms with Crippen LogP contribution in [0, 0.1) is 0 Å². The molecule has 0 aromatic heterocycles. The van der Waals surface area contributed by atoms with E-state index in [-0.39, 0.29) is 0 Å². The van der Waals surface area contributed by atoms with Crippen molar-refractivity contribution in [1.82, 2.24) is 5.43 Å². The zero-order valence-electron chi connectivity index (χ0n) is 10.7. The number of hydrogen-bond donors (Lipinski definition) is 3. The van der Waals surface area contributed by atoms with Crippen LogP contribution in [0.25, 0.3) is 0 Å². The van der Waals surface area contributed by atoms with Crippen molar-refractivity contribution in [1.29, 1.82) is 0 Å². The number of rotatable bonds is 6. The molecule has 0 bridgehead atoms. The van der Waals surface area contributed by atoms with E-state index in [1.165, 1.54) is 0 Å². The lowest BCUT2D eigenvalue weighted by molar-refractivity contribution is -0.106. The van der Waals surface area contributed by atoms with Gasteiger partial charge in [-0.2, -0.15) is 0 Å². The fourth-order valence-corrected chi connectivity index (χ4v) is 1.17. The number of carbonyl (C=O) groups is 2. The number of nitrogens with two attached hydrogens (primary N) is 1. The second-order valence-corrected chi connectivity index (χ2v) is 3.36. The molecular weight excluding hydrogens is 248 g/mol. The molecule has 0 amide bonds. The van der Waals surface area contributed by atoms with Crippen molar-refractivity contribution in [3.63, 3.8) is 0 Å². The van der Waals surface area contributed by atoms with E-state index in [1.54, 1.807) is 13.2 Å². The maximum atomic E-state index is 9.54. The highest BCUT2D eigenvalue weighted by Crippen LogP contribution is 2.18. The number of benzene rings is 1. The molecule has 6 nitrogen and oxygen atoms in total. The summed E-state index contributed by atoms with van der Waals surface area (Å²) in [6.07, 6.45) is 2.77. The van der Waals surface area contributed by atoms with Gasteiger partial charge in [0.15, 0.2) is 0 Å². The molecule has 0 aliphatic rings. The maximum absolute atomic E-state index is 9.54. The molecule has 0 saturated carbocycles. The summed E-state index contributed by atoms with van der Waals surface area (Å²) in [5.41, 5.74) is 3.20. The Bertz CT molecular complexity index is 397. The normalized spacial score (nSPS) is 11.3. The predicted octanol–water partition coefficient (Wildman–Crippen LogP) is 0.132. The highest BCUT2D eigenvalue weighted by molar-refractivity contribution is 5.75. The molecule has 6 heteroatoms. The van der Waals surface area contributed by atoms with Crippen molar-refractivity contribution >= 4 is 12.6 Å². The minimum absolute atomic E-state index is 0.327. The van der Waals surface area contributed by atoms with Crippen LogP contribution >= 0.6 is 0 Å². The van der Waals surface area contributed by atoms with Crippen LogP contribution in [-0.4, -0.2) is 31.3 Å². The van der Waals surface area contributed by atoms with Gasteiger partial charge in [0, 0.05) is 6.54 Å². The molecule has 1 aromatic carbocycles. The average Bonchev–Trinajstić information content (AvgIpc) is 2.46. The quantitative estimate of drug-likeness (QED) is 0.293. The van der Waals surface area contributed by atoms with Crippen molar-refractivity contribution in [3.8, 4) is 5.75 Å². The Hall–Kier alpha value is -2.02. The fraction of sp³-hybridized carbons (Fsp3) is 0.231. The lowest BCUT2D eigenvalue weighted by Crippen LogP contribution is -2.27. The van der Waals surface area contributed by atoms with Gasteiger partial charge in [-0.15, -0.1) is 0 Å². The number of aldehydes is 2. The summed E-state index contributed by atoms with van der Waals surface area (Å²) in [4.78, 5) is 18.6. The number of hydrogen-bond acceptors (Lipinski definition) is 6. The number of aliphatic hydroxyl groups excluding tert-OH is 1.